The second-order valence-electron chi connectivity index (χ2n) is 7.19. The van der Waals surface area contributed by atoms with Crippen LogP contribution in [0.3, 0.4) is 0 Å². The van der Waals surface area contributed by atoms with Crippen molar-refractivity contribution in [3.63, 3.8) is 0 Å². The highest BCUT2D eigenvalue weighted by Crippen LogP contribution is 2.54. The highest BCUT2D eigenvalue weighted by molar-refractivity contribution is 5.28. The first-order chi connectivity index (χ1) is 13.0. The van der Waals surface area contributed by atoms with Crippen molar-refractivity contribution in [1.82, 2.24) is 0 Å². The second kappa shape index (κ2) is 6.93. The minimum Gasteiger partial charge on any atom is -0.303 e. The van der Waals surface area contributed by atoms with Crippen LogP contribution in [0.2, 0.25) is 0 Å². The van der Waals surface area contributed by atoms with Gasteiger partial charge in [-0.1, -0.05) is 79.9 Å². The summed E-state index contributed by atoms with van der Waals surface area (Å²) >= 11 is 0. The summed E-state index contributed by atoms with van der Waals surface area (Å²) in [6.07, 6.45) is -1.69. The lowest BCUT2D eigenvalue weighted by Gasteiger charge is -2.40. The summed E-state index contributed by atoms with van der Waals surface area (Å²) in [5, 5.41) is 0. The fraction of sp³-hybridized carbons (Fsp3) is 0.429. The molecule has 0 N–H and O–H groups in total. The molecule has 1 saturated carbocycles. The van der Waals surface area contributed by atoms with E-state index in [0.29, 0.717) is 12.8 Å². The van der Waals surface area contributed by atoms with Crippen LogP contribution in [0.4, 0.5) is 13.2 Å². The van der Waals surface area contributed by atoms with Gasteiger partial charge in [0, 0.05) is 11.0 Å². The SMILES string of the molecule is FC(F)(F)C1(c2ccccc2)OOC(C2(c3ccccc3)CCCCC2)O1. The quantitative estimate of drug-likeness (QED) is 0.650. The third kappa shape index (κ3) is 3.06. The molecule has 4 rings (SSSR count). The maximum absolute atomic E-state index is 14.0. The minimum atomic E-state index is -4.78. The smallest absolute Gasteiger partial charge is 0.303 e. The molecule has 27 heavy (non-hydrogen) atoms. The van der Waals surface area contributed by atoms with Crippen molar-refractivity contribution in [2.24, 2.45) is 0 Å². The molecule has 0 radical (unpaired) electrons. The highest BCUT2D eigenvalue weighted by Gasteiger charge is 2.67. The van der Waals surface area contributed by atoms with Crippen molar-refractivity contribution in [2.45, 2.75) is 55.8 Å². The maximum atomic E-state index is 14.0. The molecule has 0 bridgehead atoms. The summed E-state index contributed by atoms with van der Waals surface area (Å²) in [6.45, 7) is 0. The van der Waals surface area contributed by atoms with E-state index >= 15 is 0 Å². The molecule has 1 saturated heterocycles. The van der Waals surface area contributed by atoms with Crippen LogP contribution >= 0.6 is 0 Å². The number of halogens is 3. The van der Waals surface area contributed by atoms with Crippen LogP contribution in [0, 0.1) is 0 Å². The van der Waals surface area contributed by atoms with Gasteiger partial charge < -0.3 is 4.74 Å². The molecule has 0 amide bonds. The summed E-state index contributed by atoms with van der Waals surface area (Å²) in [4.78, 5) is 10.3. The van der Waals surface area contributed by atoms with Crippen molar-refractivity contribution in [1.29, 1.82) is 0 Å². The Morgan fingerprint density at radius 1 is 0.778 bits per heavy atom. The molecule has 144 valence electrons. The van der Waals surface area contributed by atoms with E-state index < -0.39 is 23.7 Å². The molecule has 2 aromatic carbocycles. The summed E-state index contributed by atoms with van der Waals surface area (Å²) in [5.41, 5.74) is 0.129. The van der Waals surface area contributed by atoms with Gasteiger partial charge in [0.05, 0.1) is 0 Å². The number of hydrogen-bond donors (Lipinski definition) is 0. The molecule has 2 unspecified atom stereocenters. The molecule has 3 nitrogen and oxygen atoms in total. The van der Waals surface area contributed by atoms with Gasteiger partial charge in [-0.15, -0.1) is 0 Å². The molecule has 2 aromatic rings. The van der Waals surface area contributed by atoms with Gasteiger partial charge in [0.2, 0.25) is 6.29 Å². The van der Waals surface area contributed by atoms with Gasteiger partial charge in [-0.25, -0.2) is 0 Å². The van der Waals surface area contributed by atoms with Gasteiger partial charge in [0.15, 0.2) is 0 Å². The molecular weight excluding hydrogens is 357 g/mol. The van der Waals surface area contributed by atoms with Crippen LogP contribution in [-0.4, -0.2) is 12.5 Å². The van der Waals surface area contributed by atoms with Crippen molar-refractivity contribution in [2.75, 3.05) is 0 Å². The van der Waals surface area contributed by atoms with Crippen molar-refractivity contribution >= 4 is 0 Å². The molecule has 1 aliphatic carbocycles. The number of hydrogen-bond acceptors (Lipinski definition) is 3. The van der Waals surface area contributed by atoms with Crippen molar-refractivity contribution in [3.8, 4) is 0 Å². The van der Waals surface area contributed by atoms with Gasteiger partial charge in [-0.2, -0.15) is 22.9 Å². The molecular formula is C21H21F3O3. The fourth-order valence-electron chi connectivity index (χ4n) is 4.17. The van der Waals surface area contributed by atoms with Crippen LogP contribution in [-0.2, 0) is 25.7 Å². The van der Waals surface area contributed by atoms with Crippen molar-refractivity contribution < 1.29 is 27.7 Å². The second-order valence-corrected chi connectivity index (χ2v) is 7.19. The zero-order valence-corrected chi connectivity index (χ0v) is 14.7. The summed E-state index contributed by atoms with van der Waals surface area (Å²) < 4.78 is 47.7. The van der Waals surface area contributed by atoms with E-state index in [-0.39, 0.29) is 5.56 Å². The Bertz CT molecular complexity index is 757. The molecule has 1 heterocycles. The lowest BCUT2D eigenvalue weighted by Crippen LogP contribution is -2.47. The Hall–Kier alpha value is -1.89. The van der Waals surface area contributed by atoms with Gasteiger partial charge in [0.25, 0.3) is 0 Å². The van der Waals surface area contributed by atoms with E-state index in [1.54, 1.807) is 6.07 Å². The number of ether oxygens (including phenoxy) is 1. The summed E-state index contributed by atoms with van der Waals surface area (Å²) in [5.74, 6) is -2.92. The molecule has 0 spiro atoms. The van der Waals surface area contributed by atoms with Crippen molar-refractivity contribution in [3.05, 3.63) is 71.8 Å². The Morgan fingerprint density at radius 2 is 1.33 bits per heavy atom. The van der Waals surface area contributed by atoms with Crippen LogP contribution in [0.5, 0.6) is 0 Å². The Balaban J connectivity index is 1.74. The average molecular weight is 378 g/mol. The molecule has 6 heteroatoms. The first kappa shape index (κ1) is 18.5. The van der Waals surface area contributed by atoms with Gasteiger partial charge in [0.1, 0.15) is 0 Å². The standard InChI is InChI=1S/C21H21F3O3/c22-21(23,24)20(17-12-6-2-7-13-17)25-18(26-27-20)19(14-8-3-9-15-19)16-10-4-1-5-11-16/h1-2,4-7,10-13,18H,3,8-9,14-15H2. The van der Waals surface area contributed by atoms with E-state index in [2.05, 4.69) is 0 Å². The van der Waals surface area contributed by atoms with Crippen LogP contribution < -0.4 is 0 Å². The molecule has 2 atom stereocenters. The Kier molecular flexibility index (Phi) is 4.74. The molecule has 0 aromatic heterocycles. The predicted octanol–water partition coefficient (Wildman–Crippen LogP) is 5.61. The molecule has 2 aliphatic rings. The number of alkyl halides is 3. The van der Waals surface area contributed by atoms with Crippen LogP contribution in [0.1, 0.15) is 43.2 Å². The predicted molar refractivity (Wildman–Crippen MR) is 92.4 cm³/mol. The summed E-state index contributed by atoms with van der Waals surface area (Å²) in [6, 6.07) is 16.9. The third-order valence-electron chi connectivity index (χ3n) is 5.60. The monoisotopic (exact) mass is 378 g/mol. The zero-order chi connectivity index (χ0) is 19.0. The third-order valence-corrected chi connectivity index (χ3v) is 5.60. The molecule has 2 fully saturated rings. The van der Waals surface area contributed by atoms with Gasteiger partial charge in [-0.3, -0.25) is 0 Å². The van der Waals surface area contributed by atoms with E-state index in [4.69, 9.17) is 14.5 Å². The van der Waals surface area contributed by atoms with E-state index in [1.807, 2.05) is 30.3 Å². The Morgan fingerprint density at radius 3 is 1.89 bits per heavy atom. The van der Waals surface area contributed by atoms with Crippen LogP contribution in [0.25, 0.3) is 0 Å². The lowest BCUT2D eigenvalue weighted by atomic mass is 9.69. The first-order valence-electron chi connectivity index (χ1n) is 9.18. The fourth-order valence-corrected chi connectivity index (χ4v) is 4.17. The summed E-state index contributed by atoms with van der Waals surface area (Å²) in [7, 11) is 0. The normalized spacial score (nSPS) is 28.2. The van der Waals surface area contributed by atoms with E-state index in [1.165, 1.54) is 24.3 Å². The maximum Gasteiger partial charge on any atom is 0.451 e. The van der Waals surface area contributed by atoms with E-state index in [9.17, 15) is 13.2 Å². The molecule has 1 aliphatic heterocycles. The largest absolute Gasteiger partial charge is 0.451 e. The van der Waals surface area contributed by atoms with E-state index in [0.717, 1.165) is 24.8 Å². The number of benzene rings is 2. The van der Waals surface area contributed by atoms with Gasteiger partial charge >= 0.3 is 12.0 Å². The first-order valence-corrected chi connectivity index (χ1v) is 9.18. The lowest BCUT2D eigenvalue weighted by molar-refractivity contribution is -0.419. The highest BCUT2D eigenvalue weighted by atomic mass is 19.4. The van der Waals surface area contributed by atoms with Crippen LogP contribution in [0.15, 0.2) is 60.7 Å². The minimum absolute atomic E-state index is 0.126. The van der Waals surface area contributed by atoms with Gasteiger partial charge in [-0.05, 0) is 18.4 Å². The number of rotatable bonds is 3. The zero-order valence-electron chi connectivity index (χ0n) is 14.7. The topological polar surface area (TPSA) is 27.7 Å². The average Bonchev–Trinajstić information content (AvgIpc) is 3.17. The Labute approximate surface area is 156 Å².